The summed E-state index contributed by atoms with van der Waals surface area (Å²) in [5.74, 6) is -1.28. The molecule has 0 atom stereocenters. The van der Waals surface area contributed by atoms with Gasteiger partial charge in [-0.3, -0.25) is 0 Å². The average Bonchev–Trinajstić information content (AvgIpc) is 2.51. The number of benzene rings is 1. The predicted octanol–water partition coefficient (Wildman–Crippen LogP) is 1.31. The van der Waals surface area contributed by atoms with Crippen LogP contribution in [0.15, 0.2) is 12.1 Å². The van der Waals surface area contributed by atoms with Gasteiger partial charge in [0.25, 0.3) is 0 Å². The number of hydrogen-bond donors (Lipinski definition) is 1. The molecule has 1 saturated heterocycles. The first kappa shape index (κ1) is 15.2. The standard InChI is InChI=1S/C13H18F2N2O2S/c1-16-9-10-7-11(14)13(12(15)8-10)17-3-2-5-20(18,19)6-4-17/h7-8,16H,2-6,9H2,1H3. The molecule has 0 unspecified atom stereocenters. The van der Waals surface area contributed by atoms with E-state index in [4.69, 9.17) is 0 Å². The van der Waals surface area contributed by atoms with Crippen LogP contribution in [0.4, 0.5) is 14.5 Å². The van der Waals surface area contributed by atoms with E-state index in [0.29, 0.717) is 25.1 Å². The zero-order valence-corrected chi connectivity index (χ0v) is 12.1. The minimum absolute atomic E-state index is 0.0653. The summed E-state index contributed by atoms with van der Waals surface area (Å²) in [5, 5.41) is 2.83. The lowest BCUT2D eigenvalue weighted by Gasteiger charge is -2.23. The van der Waals surface area contributed by atoms with Crippen molar-refractivity contribution >= 4 is 15.5 Å². The maximum absolute atomic E-state index is 14.1. The molecule has 1 aromatic rings. The van der Waals surface area contributed by atoms with Crippen LogP contribution in [0.1, 0.15) is 12.0 Å². The van der Waals surface area contributed by atoms with Gasteiger partial charge in [-0.05, 0) is 31.2 Å². The maximum Gasteiger partial charge on any atom is 0.152 e. The molecular weight excluding hydrogens is 286 g/mol. The van der Waals surface area contributed by atoms with Gasteiger partial charge < -0.3 is 10.2 Å². The smallest absolute Gasteiger partial charge is 0.152 e. The number of halogens is 2. The van der Waals surface area contributed by atoms with Crippen LogP contribution < -0.4 is 10.2 Å². The van der Waals surface area contributed by atoms with Gasteiger partial charge in [0, 0.05) is 19.6 Å². The van der Waals surface area contributed by atoms with Crippen LogP contribution >= 0.6 is 0 Å². The summed E-state index contributed by atoms with van der Waals surface area (Å²) in [7, 11) is -1.40. The molecule has 1 aromatic carbocycles. The molecule has 1 aliphatic heterocycles. The second-order valence-corrected chi connectivity index (χ2v) is 7.23. The normalized spacial score (nSPS) is 18.9. The van der Waals surface area contributed by atoms with Gasteiger partial charge >= 0.3 is 0 Å². The van der Waals surface area contributed by atoms with Crippen molar-refractivity contribution in [1.82, 2.24) is 5.32 Å². The van der Waals surface area contributed by atoms with Crippen LogP contribution in [0.2, 0.25) is 0 Å². The van der Waals surface area contributed by atoms with E-state index >= 15 is 0 Å². The van der Waals surface area contributed by atoms with Gasteiger partial charge in [0.15, 0.2) is 9.84 Å². The third-order valence-corrected chi connectivity index (χ3v) is 5.04. The van der Waals surface area contributed by atoms with Crippen molar-refractivity contribution in [3.05, 3.63) is 29.3 Å². The maximum atomic E-state index is 14.1. The van der Waals surface area contributed by atoms with Crippen molar-refractivity contribution in [3.63, 3.8) is 0 Å². The number of sulfone groups is 1. The van der Waals surface area contributed by atoms with E-state index < -0.39 is 21.5 Å². The van der Waals surface area contributed by atoms with Gasteiger partial charge in [-0.15, -0.1) is 0 Å². The highest BCUT2D eigenvalue weighted by Crippen LogP contribution is 2.26. The molecule has 0 amide bonds. The molecule has 0 spiro atoms. The number of nitrogens with zero attached hydrogens (tertiary/aromatic N) is 1. The van der Waals surface area contributed by atoms with E-state index in [0.717, 1.165) is 0 Å². The second kappa shape index (κ2) is 6.05. The molecule has 0 aliphatic carbocycles. The van der Waals surface area contributed by atoms with Crippen LogP contribution in [0.25, 0.3) is 0 Å². The third-order valence-electron chi connectivity index (χ3n) is 3.33. The summed E-state index contributed by atoms with van der Waals surface area (Å²) in [5.41, 5.74) is 0.399. The van der Waals surface area contributed by atoms with E-state index in [-0.39, 0.29) is 23.7 Å². The zero-order valence-electron chi connectivity index (χ0n) is 11.3. The fourth-order valence-corrected chi connectivity index (χ4v) is 3.66. The van der Waals surface area contributed by atoms with Crippen molar-refractivity contribution in [2.75, 3.05) is 36.5 Å². The van der Waals surface area contributed by atoms with E-state index in [1.165, 1.54) is 17.0 Å². The van der Waals surface area contributed by atoms with Gasteiger partial charge in [-0.1, -0.05) is 0 Å². The van der Waals surface area contributed by atoms with Gasteiger partial charge in [0.05, 0.1) is 11.5 Å². The molecule has 112 valence electrons. The van der Waals surface area contributed by atoms with Gasteiger partial charge in [-0.25, -0.2) is 17.2 Å². The molecule has 1 N–H and O–H groups in total. The number of hydrogen-bond acceptors (Lipinski definition) is 4. The van der Waals surface area contributed by atoms with Crippen LogP contribution in [0, 0.1) is 11.6 Å². The highest BCUT2D eigenvalue weighted by molar-refractivity contribution is 7.91. The Labute approximate surface area is 117 Å². The minimum Gasteiger partial charge on any atom is -0.366 e. The third kappa shape index (κ3) is 3.46. The quantitative estimate of drug-likeness (QED) is 0.915. The van der Waals surface area contributed by atoms with Crippen LogP contribution in [0.3, 0.4) is 0 Å². The van der Waals surface area contributed by atoms with Crippen molar-refractivity contribution in [2.45, 2.75) is 13.0 Å². The summed E-state index contributed by atoms with van der Waals surface area (Å²) >= 11 is 0. The van der Waals surface area contributed by atoms with E-state index in [1.54, 1.807) is 7.05 Å². The van der Waals surface area contributed by atoms with E-state index in [9.17, 15) is 17.2 Å². The van der Waals surface area contributed by atoms with Gasteiger partial charge in [0.1, 0.15) is 17.3 Å². The summed E-state index contributed by atoms with van der Waals surface area (Å²) in [6.45, 7) is 0.850. The Morgan fingerprint density at radius 1 is 1.20 bits per heavy atom. The Kier molecular flexibility index (Phi) is 4.59. The summed E-state index contributed by atoms with van der Waals surface area (Å²) < 4.78 is 51.2. The van der Waals surface area contributed by atoms with E-state index in [1.807, 2.05) is 0 Å². The SMILES string of the molecule is CNCc1cc(F)c(N2CCCS(=O)(=O)CC2)c(F)c1. The molecule has 20 heavy (non-hydrogen) atoms. The predicted molar refractivity (Wildman–Crippen MR) is 74.6 cm³/mol. The zero-order chi connectivity index (χ0) is 14.8. The minimum atomic E-state index is -3.10. The Hall–Kier alpha value is -1.21. The fourth-order valence-electron chi connectivity index (χ4n) is 2.39. The number of anilines is 1. The molecule has 4 nitrogen and oxygen atoms in total. The lowest BCUT2D eigenvalue weighted by atomic mass is 10.1. The number of rotatable bonds is 3. The lowest BCUT2D eigenvalue weighted by Crippen LogP contribution is -2.28. The van der Waals surface area contributed by atoms with E-state index in [2.05, 4.69) is 5.32 Å². The van der Waals surface area contributed by atoms with Gasteiger partial charge in [0.2, 0.25) is 0 Å². The summed E-state index contributed by atoms with van der Waals surface area (Å²) in [4.78, 5) is 1.48. The molecule has 0 saturated carbocycles. The summed E-state index contributed by atoms with van der Waals surface area (Å²) in [6.07, 6.45) is 0.388. The van der Waals surface area contributed by atoms with Gasteiger partial charge in [-0.2, -0.15) is 0 Å². The highest BCUT2D eigenvalue weighted by atomic mass is 32.2. The first-order valence-electron chi connectivity index (χ1n) is 6.51. The summed E-state index contributed by atoms with van der Waals surface area (Å²) in [6, 6.07) is 2.57. The first-order valence-corrected chi connectivity index (χ1v) is 8.33. The molecule has 1 heterocycles. The molecule has 0 bridgehead atoms. The number of nitrogens with one attached hydrogen (secondary N) is 1. The monoisotopic (exact) mass is 304 g/mol. The average molecular weight is 304 g/mol. The first-order chi connectivity index (χ1) is 9.43. The van der Waals surface area contributed by atoms with Crippen LogP contribution in [0.5, 0.6) is 0 Å². The molecule has 1 aliphatic rings. The molecule has 2 rings (SSSR count). The molecule has 0 aromatic heterocycles. The lowest BCUT2D eigenvalue weighted by molar-refractivity contribution is 0.567. The Morgan fingerprint density at radius 3 is 2.45 bits per heavy atom. The van der Waals surface area contributed by atoms with Crippen molar-refractivity contribution in [1.29, 1.82) is 0 Å². The molecular formula is C13H18F2N2O2S. The largest absolute Gasteiger partial charge is 0.366 e. The molecule has 1 fully saturated rings. The highest BCUT2D eigenvalue weighted by Gasteiger charge is 2.23. The Balaban J connectivity index is 2.28. The van der Waals surface area contributed by atoms with Crippen molar-refractivity contribution in [2.24, 2.45) is 0 Å². The molecule has 0 radical (unpaired) electrons. The second-order valence-electron chi connectivity index (χ2n) is 4.93. The van der Waals surface area contributed by atoms with Crippen molar-refractivity contribution < 1.29 is 17.2 Å². The van der Waals surface area contributed by atoms with Crippen LogP contribution in [-0.2, 0) is 16.4 Å². The van der Waals surface area contributed by atoms with Crippen LogP contribution in [-0.4, -0.2) is 40.1 Å². The topological polar surface area (TPSA) is 49.4 Å². The fraction of sp³-hybridized carbons (Fsp3) is 0.538. The Bertz CT molecular complexity index is 567. The Morgan fingerprint density at radius 2 is 1.85 bits per heavy atom. The molecule has 7 heteroatoms. The van der Waals surface area contributed by atoms with Crippen molar-refractivity contribution in [3.8, 4) is 0 Å².